The molecule has 18 aromatic carbocycles. The Balaban J connectivity index is 0.000000126. The van der Waals surface area contributed by atoms with Crippen LogP contribution in [0.1, 0.15) is 44.5 Å². The molecule has 2 spiro atoms. The summed E-state index contributed by atoms with van der Waals surface area (Å²) in [7, 11) is 0. The summed E-state index contributed by atoms with van der Waals surface area (Å²) in [5.74, 6) is 1.29. The second-order valence-electron chi connectivity index (χ2n) is 32.1. The van der Waals surface area contributed by atoms with E-state index in [9.17, 15) is 0 Å². The molecular weight excluding hydrogens is 1450 g/mol. The van der Waals surface area contributed by atoms with Gasteiger partial charge in [0.2, 0.25) is 11.9 Å². The van der Waals surface area contributed by atoms with Gasteiger partial charge in [0, 0.05) is 48.1 Å². The lowest BCUT2D eigenvalue weighted by Crippen LogP contribution is -2.25. The van der Waals surface area contributed by atoms with Crippen LogP contribution in [0.3, 0.4) is 0 Å². The summed E-state index contributed by atoms with van der Waals surface area (Å²) in [4.78, 5) is 22.3. The molecule has 0 atom stereocenters. The van der Waals surface area contributed by atoms with E-state index >= 15 is 0 Å². The summed E-state index contributed by atoms with van der Waals surface area (Å²) in [5.41, 5.74) is 31.2. The van der Waals surface area contributed by atoms with Gasteiger partial charge in [-0.1, -0.05) is 309 Å². The molecule has 8 heteroatoms. The smallest absolute Gasteiger partial charge is 0.236 e. The van der Waals surface area contributed by atoms with Crippen LogP contribution in [0.25, 0.3) is 208 Å². The summed E-state index contributed by atoms with van der Waals surface area (Å²) >= 11 is 1.79. The first-order valence-electron chi connectivity index (χ1n) is 40.5. The van der Waals surface area contributed by atoms with Crippen LogP contribution in [0.4, 0.5) is 0 Å². The van der Waals surface area contributed by atoms with Crippen LogP contribution in [-0.2, 0) is 10.8 Å². The van der Waals surface area contributed by atoms with Crippen molar-refractivity contribution < 1.29 is 4.42 Å². The van der Waals surface area contributed by atoms with E-state index in [1.807, 2.05) is 12.1 Å². The number of para-hydroxylation sites is 1. The van der Waals surface area contributed by atoms with Gasteiger partial charge in [-0.25, -0.2) is 19.9 Å². The van der Waals surface area contributed by atoms with Crippen molar-refractivity contribution in [3.63, 3.8) is 0 Å². The van der Waals surface area contributed by atoms with Crippen molar-refractivity contribution >= 4 is 140 Å². The van der Waals surface area contributed by atoms with E-state index in [-0.39, 0.29) is 0 Å². The number of fused-ring (bicyclic) bond motifs is 38. The van der Waals surface area contributed by atoms with E-state index < -0.39 is 10.8 Å². The topological polar surface area (TPSA) is 74.6 Å². The monoisotopic (exact) mass is 1510 g/mol. The Morgan fingerprint density at radius 3 is 1.07 bits per heavy atom. The Morgan fingerprint density at radius 2 is 0.602 bits per heavy atom. The molecule has 24 aromatic rings. The number of nitrogens with zero attached hydrogens (tertiary/aromatic N) is 6. The molecule has 0 bridgehead atoms. The van der Waals surface area contributed by atoms with Crippen molar-refractivity contribution in [2.24, 2.45) is 0 Å². The highest BCUT2D eigenvalue weighted by molar-refractivity contribution is 7.26. The van der Waals surface area contributed by atoms with Crippen LogP contribution < -0.4 is 0 Å². The third-order valence-electron chi connectivity index (χ3n) is 26.4. The van der Waals surface area contributed by atoms with Gasteiger partial charge in [0.25, 0.3) is 0 Å². The van der Waals surface area contributed by atoms with Gasteiger partial charge >= 0.3 is 0 Å². The van der Waals surface area contributed by atoms with Crippen LogP contribution in [-0.4, -0.2) is 29.1 Å². The highest BCUT2D eigenvalue weighted by atomic mass is 32.1. The Bertz CT molecular complexity index is 8000. The first-order valence-corrected chi connectivity index (χ1v) is 41.3. The maximum Gasteiger partial charge on any atom is 0.236 e. The maximum atomic E-state index is 6.78. The summed E-state index contributed by atoms with van der Waals surface area (Å²) < 4.78 is 13.7. The Morgan fingerprint density at radius 1 is 0.246 bits per heavy atom. The van der Waals surface area contributed by atoms with Gasteiger partial charge in [-0.2, -0.15) is 0 Å². The number of rotatable bonds is 4. The molecule has 6 aromatic heterocycles. The first-order chi connectivity index (χ1) is 58.5. The second-order valence-corrected chi connectivity index (χ2v) is 33.1. The zero-order valence-corrected chi connectivity index (χ0v) is 64.1. The van der Waals surface area contributed by atoms with E-state index in [1.54, 1.807) is 11.3 Å². The molecule has 0 N–H and O–H groups in total. The number of furan rings is 1. The zero-order valence-electron chi connectivity index (χ0n) is 63.3. The average molecular weight is 1520 g/mol. The van der Waals surface area contributed by atoms with E-state index in [2.05, 4.69) is 373 Å². The quantitative estimate of drug-likeness (QED) is 0.176. The van der Waals surface area contributed by atoms with Crippen LogP contribution >= 0.6 is 11.3 Å². The van der Waals surface area contributed by atoms with Gasteiger partial charge < -0.3 is 4.42 Å². The predicted molar refractivity (Wildman–Crippen MR) is 486 cm³/mol. The van der Waals surface area contributed by atoms with Crippen molar-refractivity contribution in [3.05, 3.63) is 421 Å². The molecule has 0 fully saturated rings. The minimum absolute atomic E-state index is 0.445. The molecule has 0 radical (unpaired) electrons. The molecule has 28 rings (SSSR count). The summed E-state index contributed by atoms with van der Waals surface area (Å²) in [5, 5.41) is 16.5. The molecule has 0 unspecified atom stereocenters. The van der Waals surface area contributed by atoms with Gasteiger partial charge in [0.05, 0.1) is 48.8 Å². The fraction of sp³-hybridized carbons (Fsp3) is 0.0182. The minimum Gasteiger partial charge on any atom is -0.452 e. The number of hydrogen-bond donors (Lipinski definition) is 0. The van der Waals surface area contributed by atoms with E-state index in [0.717, 1.165) is 76.7 Å². The van der Waals surface area contributed by atoms with E-state index in [4.69, 9.17) is 24.4 Å². The zero-order chi connectivity index (χ0) is 76.8. The summed E-state index contributed by atoms with van der Waals surface area (Å²) in [6.07, 6.45) is 0. The van der Waals surface area contributed by atoms with Gasteiger partial charge in [-0.15, -0.1) is 11.3 Å². The highest BCUT2D eigenvalue weighted by Gasteiger charge is 2.53. The standard InChI is InChI=1S/C55H31N3O.C55H31N3S/c2*1-2-15-34-31-48-42(29-33(34)14-1)50-36-16-4-3-13-32(36)26-28-47(50)58(48)54-56-51(53-52(57-54)41-20-8-12-24-49(41)59-53)35-25-27-40-39-19-7-11-23-45(39)55(46(40)30-35)43-21-9-5-17-37(43)38-18-6-10-22-44(38)55/h2*1-31H. The molecule has 4 aliphatic carbocycles. The Hall–Kier alpha value is -15.2. The van der Waals surface area contributed by atoms with E-state index in [0.29, 0.717) is 17.5 Å². The molecule has 0 saturated heterocycles. The summed E-state index contributed by atoms with van der Waals surface area (Å²) in [6.45, 7) is 0. The van der Waals surface area contributed by atoms with Crippen LogP contribution in [0.5, 0.6) is 0 Å². The molecule has 118 heavy (non-hydrogen) atoms. The average Bonchev–Trinajstić information content (AvgIpc) is 1.71. The fourth-order valence-electron chi connectivity index (χ4n) is 21.6. The van der Waals surface area contributed by atoms with Gasteiger partial charge in [-0.3, -0.25) is 9.13 Å². The third-order valence-corrected chi connectivity index (χ3v) is 27.6. The lowest BCUT2D eigenvalue weighted by molar-refractivity contribution is 0.666. The van der Waals surface area contributed by atoms with Crippen molar-refractivity contribution in [2.45, 2.75) is 10.8 Å². The van der Waals surface area contributed by atoms with Crippen molar-refractivity contribution in [1.29, 1.82) is 0 Å². The normalized spacial score (nSPS) is 13.6. The molecule has 7 nitrogen and oxygen atoms in total. The molecule has 0 amide bonds. The van der Waals surface area contributed by atoms with E-state index in [1.165, 1.54) is 158 Å². The fourth-order valence-corrected chi connectivity index (χ4v) is 22.8. The van der Waals surface area contributed by atoms with Gasteiger partial charge in [0.1, 0.15) is 16.8 Å². The summed E-state index contributed by atoms with van der Waals surface area (Å²) in [6, 6.07) is 138. The number of aromatic nitrogens is 6. The third kappa shape index (κ3) is 8.44. The number of thiophene rings is 1. The van der Waals surface area contributed by atoms with Crippen molar-refractivity contribution in [3.8, 4) is 78.9 Å². The first kappa shape index (κ1) is 64.2. The SMILES string of the molecule is c1ccc2c(c1)-c1ccccc1C21c2ccccc2-c2ccc(-c3nc(-n4c5cc6ccccc6cc5c5c6ccccc6ccc54)nc4c3oc3ccccc34)cc21.c1ccc2c(c1)-c1ccccc1C21c2ccccc2-c2ccc(-c3nc(-n4c5cc6ccccc6cc5c5c6ccccc6ccc54)nc4c3sc3ccccc34)cc21. The predicted octanol–water partition coefficient (Wildman–Crippen LogP) is 28.0. The molecule has 0 saturated carbocycles. The van der Waals surface area contributed by atoms with Crippen LogP contribution in [0.2, 0.25) is 0 Å². The number of hydrogen-bond acceptors (Lipinski definition) is 6. The molecule has 6 heterocycles. The lowest BCUT2D eigenvalue weighted by atomic mass is 9.70. The lowest BCUT2D eigenvalue weighted by Gasteiger charge is -2.30. The molecule has 0 aliphatic heterocycles. The highest BCUT2D eigenvalue weighted by Crippen LogP contribution is 2.65. The van der Waals surface area contributed by atoms with Crippen LogP contribution in [0.15, 0.2) is 381 Å². The second kappa shape index (κ2) is 23.7. The number of benzene rings is 18. The van der Waals surface area contributed by atoms with Gasteiger partial charge in [-0.05, 0) is 199 Å². The largest absolute Gasteiger partial charge is 0.452 e. The Labute approximate surface area is 679 Å². The molecule has 4 aliphatic rings. The van der Waals surface area contributed by atoms with Crippen molar-refractivity contribution in [2.75, 3.05) is 0 Å². The molecular formula is C110H62N6OS. The minimum atomic E-state index is -0.479. The Kier molecular flexibility index (Phi) is 12.9. The molecule has 544 valence electrons. The van der Waals surface area contributed by atoms with Gasteiger partial charge in [0.15, 0.2) is 5.58 Å². The maximum absolute atomic E-state index is 6.78. The van der Waals surface area contributed by atoms with Crippen molar-refractivity contribution in [1.82, 2.24) is 29.1 Å². The van der Waals surface area contributed by atoms with Crippen LogP contribution in [0, 0.1) is 0 Å².